The third-order valence-corrected chi connectivity index (χ3v) is 5.43. The third-order valence-electron chi connectivity index (χ3n) is 2.03. The highest BCUT2D eigenvalue weighted by molar-refractivity contribution is 6.73. The van der Waals surface area contributed by atoms with E-state index < -0.39 is 8.32 Å². The highest BCUT2D eigenvalue weighted by Crippen LogP contribution is 2.15. The van der Waals surface area contributed by atoms with Crippen LogP contribution in [-0.2, 0) is 9.16 Å². The maximum absolute atomic E-state index is 9.17. The maximum Gasteiger partial charge on any atom is 0.246 e. The summed E-state index contributed by atoms with van der Waals surface area (Å²) in [6.07, 6.45) is 0.456. The van der Waals surface area contributed by atoms with E-state index in [1.54, 1.807) is 14.0 Å². The molecule has 0 aliphatic rings. The Balaban J connectivity index is 4.19. The van der Waals surface area contributed by atoms with Crippen molar-refractivity contribution in [2.75, 3.05) is 19.6 Å². The number of hydrogen-bond acceptors (Lipinski definition) is 4. The van der Waals surface area contributed by atoms with Crippen LogP contribution in [0.3, 0.4) is 0 Å². The van der Waals surface area contributed by atoms with E-state index in [4.69, 9.17) is 9.16 Å². The van der Waals surface area contributed by atoms with Gasteiger partial charge in [-0.1, -0.05) is 13.3 Å². The van der Waals surface area contributed by atoms with Crippen LogP contribution in [0.4, 0.5) is 0 Å². The van der Waals surface area contributed by atoms with E-state index in [0.717, 1.165) is 12.5 Å². The number of aliphatic hydroxyl groups is 2. The monoisotopic (exact) mass is 208 g/mol. The second kappa shape index (κ2) is 6.50. The zero-order chi connectivity index (χ0) is 10.3. The van der Waals surface area contributed by atoms with Gasteiger partial charge in [-0.15, -0.1) is 0 Å². The lowest BCUT2D eigenvalue weighted by Crippen LogP contribution is -2.49. The van der Waals surface area contributed by atoms with Gasteiger partial charge < -0.3 is 19.4 Å². The van der Waals surface area contributed by atoms with Gasteiger partial charge in [-0.25, -0.2) is 0 Å². The fourth-order valence-corrected chi connectivity index (χ4v) is 3.59. The topological polar surface area (TPSA) is 58.9 Å². The molecule has 0 bridgehead atoms. The van der Waals surface area contributed by atoms with Gasteiger partial charge in [-0.05, 0) is 13.0 Å². The average Bonchev–Trinajstić information content (AvgIpc) is 2.17. The molecule has 0 amide bonds. The van der Waals surface area contributed by atoms with E-state index >= 15 is 0 Å². The summed E-state index contributed by atoms with van der Waals surface area (Å²) < 4.78 is 10.5. The Morgan fingerprint density at radius 3 is 2.15 bits per heavy atom. The SMILES string of the molecule is CCC[Si](CO)(CO)OC(C)OC. The molecule has 0 saturated carbocycles. The fourth-order valence-electron chi connectivity index (χ4n) is 1.20. The zero-order valence-corrected chi connectivity index (χ0v) is 9.62. The van der Waals surface area contributed by atoms with Gasteiger partial charge in [-0.3, -0.25) is 0 Å². The first-order valence-corrected chi connectivity index (χ1v) is 7.09. The second-order valence-corrected chi connectivity index (χ2v) is 6.90. The Morgan fingerprint density at radius 2 is 1.85 bits per heavy atom. The Bertz CT molecular complexity index is 127. The lowest BCUT2D eigenvalue weighted by molar-refractivity contribution is -0.0520. The van der Waals surface area contributed by atoms with Crippen LogP contribution in [0.5, 0.6) is 0 Å². The molecule has 0 rings (SSSR count). The Hall–Kier alpha value is 0.0569. The van der Waals surface area contributed by atoms with E-state index in [1.807, 2.05) is 6.92 Å². The number of methoxy groups -OCH3 is 1. The summed E-state index contributed by atoms with van der Waals surface area (Å²) in [7, 11) is -0.795. The minimum Gasteiger partial charge on any atom is -0.397 e. The summed E-state index contributed by atoms with van der Waals surface area (Å²) in [5.74, 6) is 0. The molecule has 0 aromatic carbocycles. The normalized spacial score (nSPS) is 14.5. The fraction of sp³-hybridized carbons (Fsp3) is 1.00. The van der Waals surface area contributed by atoms with Crippen LogP contribution in [0.1, 0.15) is 20.3 Å². The molecule has 0 spiro atoms. The molecule has 0 aliphatic heterocycles. The van der Waals surface area contributed by atoms with Crippen molar-refractivity contribution in [3.05, 3.63) is 0 Å². The standard InChI is InChI=1S/C8H20O4Si/c1-4-5-13(6-9,7-10)12-8(2)11-3/h8-10H,4-7H2,1-3H3. The first-order chi connectivity index (χ1) is 6.14. The van der Waals surface area contributed by atoms with E-state index in [2.05, 4.69) is 0 Å². The van der Waals surface area contributed by atoms with Gasteiger partial charge >= 0.3 is 0 Å². The van der Waals surface area contributed by atoms with Crippen molar-refractivity contribution < 1.29 is 19.4 Å². The highest BCUT2D eigenvalue weighted by atomic mass is 28.4. The summed E-state index contributed by atoms with van der Waals surface area (Å²) in [6, 6.07) is 0.758. The summed E-state index contributed by atoms with van der Waals surface area (Å²) in [6.45, 7) is 3.77. The van der Waals surface area contributed by atoms with Crippen molar-refractivity contribution in [3.8, 4) is 0 Å². The van der Waals surface area contributed by atoms with Gasteiger partial charge in [-0.2, -0.15) is 0 Å². The highest BCUT2D eigenvalue weighted by Gasteiger charge is 2.34. The molecular formula is C8H20O4Si. The van der Waals surface area contributed by atoms with Gasteiger partial charge in [0, 0.05) is 7.11 Å². The van der Waals surface area contributed by atoms with Gasteiger partial charge in [0.25, 0.3) is 0 Å². The largest absolute Gasteiger partial charge is 0.397 e. The quantitative estimate of drug-likeness (QED) is 0.470. The van der Waals surface area contributed by atoms with Crippen molar-refractivity contribution in [1.29, 1.82) is 0 Å². The molecule has 0 saturated heterocycles. The summed E-state index contributed by atoms with van der Waals surface area (Å²) >= 11 is 0. The minimum atomic E-state index is -2.34. The van der Waals surface area contributed by atoms with Crippen LogP contribution in [-0.4, -0.2) is 44.4 Å². The molecule has 0 aliphatic carbocycles. The molecule has 2 N–H and O–H groups in total. The van der Waals surface area contributed by atoms with Crippen molar-refractivity contribution in [1.82, 2.24) is 0 Å². The molecule has 1 atom stereocenters. The average molecular weight is 208 g/mol. The maximum atomic E-state index is 9.17. The van der Waals surface area contributed by atoms with E-state index in [1.165, 1.54) is 0 Å². The van der Waals surface area contributed by atoms with E-state index in [9.17, 15) is 10.2 Å². The molecule has 5 heteroatoms. The van der Waals surface area contributed by atoms with Gasteiger partial charge in [0.05, 0.1) is 12.5 Å². The molecular weight excluding hydrogens is 188 g/mol. The molecule has 0 radical (unpaired) electrons. The van der Waals surface area contributed by atoms with E-state index in [0.29, 0.717) is 0 Å². The van der Waals surface area contributed by atoms with Crippen LogP contribution in [0.25, 0.3) is 0 Å². The molecule has 4 nitrogen and oxygen atoms in total. The predicted molar refractivity (Wildman–Crippen MR) is 52.6 cm³/mol. The zero-order valence-electron chi connectivity index (χ0n) is 8.62. The van der Waals surface area contributed by atoms with Crippen LogP contribution < -0.4 is 0 Å². The van der Waals surface area contributed by atoms with Gasteiger partial charge in [0.15, 0.2) is 0 Å². The molecule has 1 unspecified atom stereocenters. The molecule has 0 aromatic rings. The van der Waals surface area contributed by atoms with E-state index in [-0.39, 0.29) is 18.8 Å². The van der Waals surface area contributed by atoms with Gasteiger partial charge in [0.2, 0.25) is 8.32 Å². The van der Waals surface area contributed by atoms with Gasteiger partial charge in [0.1, 0.15) is 6.29 Å². The second-order valence-electron chi connectivity index (χ2n) is 3.17. The summed E-state index contributed by atoms with van der Waals surface area (Å²) in [5, 5.41) is 18.3. The first kappa shape index (κ1) is 13.1. The van der Waals surface area contributed by atoms with Crippen molar-refractivity contribution in [2.45, 2.75) is 32.6 Å². The number of rotatable bonds is 7. The lowest BCUT2D eigenvalue weighted by atomic mass is 10.6. The number of ether oxygens (including phenoxy) is 1. The molecule has 0 aromatic heterocycles. The molecule has 0 heterocycles. The minimum absolute atomic E-state index is 0.0506. The summed E-state index contributed by atoms with van der Waals surface area (Å²) in [5.41, 5.74) is 0. The van der Waals surface area contributed by atoms with Crippen LogP contribution in [0.2, 0.25) is 6.04 Å². The smallest absolute Gasteiger partial charge is 0.246 e. The van der Waals surface area contributed by atoms with Crippen molar-refractivity contribution in [2.24, 2.45) is 0 Å². The number of hydrogen-bond donors (Lipinski definition) is 2. The van der Waals surface area contributed by atoms with Crippen LogP contribution in [0.15, 0.2) is 0 Å². The summed E-state index contributed by atoms with van der Waals surface area (Å²) in [4.78, 5) is 0. The Labute approximate surface area is 80.6 Å². The van der Waals surface area contributed by atoms with Crippen LogP contribution in [0, 0.1) is 0 Å². The predicted octanol–water partition coefficient (Wildman–Crippen LogP) is 0.414. The van der Waals surface area contributed by atoms with Crippen molar-refractivity contribution >= 4 is 8.32 Å². The Kier molecular flexibility index (Phi) is 6.53. The number of aliphatic hydroxyl groups excluding tert-OH is 2. The first-order valence-electron chi connectivity index (χ1n) is 4.56. The molecule has 80 valence electrons. The van der Waals surface area contributed by atoms with Crippen LogP contribution >= 0.6 is 0 Å². The third kappa shape index (κ3) is 4.19. The molecule has 0 fully saturated rings. The van der Waals surface area contributed by atoms with Crippen molar-refractivity contribution in [3.63, 3.8) is 0 Å². The molecule has 13 heavy (non-hydrogen) atoms. The Morgan fingerprint density at radius 1 is 1.31 bits per heavy atom. The lowest BCUT2D eigenvalue weighted by Gasteiger charge is -2.29.